The Hall–Kier alpha value is -3.66. The summed E-state index contributed by atoms with van der Waals surface area (Å²) in [5, 5.41) is 4.21. The van der Waals surface area contributed by atoms with Gasteiger partial charge in [-0.3, -0.25) is 9.69 Å². The van der Waals surface area contributed by atoms with E-state index in [9.17, 15) is 14.0 Å². The number of hydrogen-bond acceptors (Lipinski definition) is 7. The van der Waals surface area contributed by atoms with Gasteiger partial charge >= 0.3 is 6.09 Å². The predicted octanol–water partition coefficient (Wildman–Crippen LogP) is 2.41. The first kappa shape index (κ1) is 20.9. The van der Waals surface area contributed by atoms with Crippen LogP contribution in [-0.4, -0.2) is 54.6 Å². The topological polar surface area (TPSA) is 94.9 Å². The van der Waals surface area contributed by atoms with Gasteiger partial charge < -0.3 is 24.1 Å². The Morgan fingerprint density at radius 1 is 1.12 bits per heavy atom. The van der Waals surface area contributed by atoms with E-state index in [1.54, 1.807) is 29.0 Å². The quantitative estimate of drug-likeness (QED) is 0.558. The SMILES string of the molecule is O=C1OC(CCNCC2Cn3c(=O)ccc4ccc(F)c2c43)CN1c1cnc2c(c1)OCCO2. The van der Waals surface area contributed by atoms with Crippen LogP contribution in [0.3, 0.4) is 0 Å². The molecule has 1 amide bonds. The Balaban J connectivity index is 1.06. The van der Waals surface area contributed by atoms with E-state index in [0.717, 1.165) is 5.39 Å². The van der Waals surface area contributed by atoms with Gasteiger partial charge in [0.15, 0.2) is 5.75 Å². The highest BCUT2D eigenvalue weighted by atomic mass is 19.1. The zero-order chi connectivity index (χ0) is 23.2. The average Bonchev–Trinajstić information content (AvgIpc) is 3.42. The molecule has 0 saturated carbocycles. The van der Waals surface area contributed by atoms with Crippen LogP contribution in [0.25, 0.3) is 10.9 Å². The molecule has 3 aliphatic heterocycles. The van der Waals surface area contributed by atoms with Crippen molar-refractivity contribution in [3.63, 3.8) is 0 Å². The summed E-state index contributed by atoms with van der Waals surface area (Å²) in [4.78, 5) is 30.4. The molecule has 3 aliphatic rings. The van der Waals surface area contributed by atoms with Crippen molar-refractivity contribution >= 4 is 22.7 Å². The van der Waals surface area contributed by atoms with Gasteiger partial charge in [-0.15, -0.1) is 0 Å². The highest BCUT2D eigenvalue weighted by Gasteiger charge is 2.33. The number of fused-ring (bicyclic) bond motifs is 1. The fraction of sp³-hybridized carbons (Fsp3) is 0.375. The lowest BCUT2D eigenvalue weighted by atomic mass is 9.99. The number of halogens is 1. The third kappa shape index (κ3) is 3.54. The van der Waals surface area contributed by atoms with E-state index in [1.165, 1.54) is 17.0 Å². The zero-order valence-corrected chi connectivity index (χ0v) is 18.3. The number of nitrogens with one attached hydrogen (secondary N) is 1. The van der Waals surface area contributed by atoms with Crippen LogP contribution in [0, 0.1) is 5.82 Å². The summed E-state index contributed by atoms with van der Waals surface area (Å²) in [6, 6.07) is 8.17. The van der Waals surface area contributed by atoms with Crippen LogP contribution in [-0.2, 0) is 11.3 Å². The van der Waals surface area contributed by atoms with Crippen molar-refractivity contribution in [2.45, 2.75) is 25.0 Å². The molecule has 10 heteroatoms. The number of carbonyl (C=O) groups is 1. The molecule has 0 radical (unpaired) electrons. The van der Waals surface area contributed by atoms with Gasteiger partial charge in [0.1, 0.15) is 25.1 Å². The number of cyclic esters (lactones) is 1. The molecule has 2 aromatic heterocycles. The molecule has 2 unspecified atom stereocenters. The Bertz CT molecular complexity index is 1340. The number of ether oxygens (including phenoxy) is 3. The third-order valence-electron chi connectivity index (χ3n) is 6.55. The predicted molar refractivity (Wildman–Crippen MR) is 121 cm³/mol. The summed E-state index contributed by atoms with van der Waals surface area (Å²) < 4.78 is 32.8. The first-order valence-electron chi connectivity index (χ1n) is 11.3. The Kier molecular flexibility index (Phi) is 5.09. The number of amides is 1. The summed E-state index contributed by atoms with van der Waals surface area (Å²) in [6.07, 6.45) is 1.47. The number of nitrogens with zero attached hydrogens (tertiary/aromatic N) is 3. The van der Waals surface area contributed by atoms with Gasteiger partial charge in [0.25, 0.3) is 11.4 Å². The Morgan fingerprint density at radius 2 is 1.97 bits per heavy atom. The fourth-order valence-corrected chi connectivity index (χ4v) is 4.94. The summed E-state index contributed by atoms with van der Waals surface area (Å²) in [5.74, 6) is 0.516. The van der Waals surface area contributed by atoms with E-state index in [-0.39, 0.29) is 23.4 Å². The van der Waals surface area contributed by atoms with Gasteiger partial charge in [-0.1, -0.05) is 0 Å². The molecular weight excluding hydrogens is 443 g/mol. The largest absolute Gasteiger partial charge is 0.484 e. The van der Waals surface area contributed by atoms with Crippen LogP contribution in [0.15, 0.2) is 41.3 Å². The van der Waals surface area contributed by atoms with Crippen LogP contribution in [0.4, 0.5) is 14.9 Å². The number of carbonyl (C=O) groups excluding carboxylic acids is 1. The summed E-state index contributed by atoms with van der Waals surface area (Å²) in [7, 11) is 0. The number of benzene rings is 1. The molecule has 0 spiro atoms. The van der Waals surface area contributed by atoms with E-state index < -0.39 is 6.09 Å². The van der Waals surface area contributed by atoms with Crippen LogP contribution >= 0.6 is 0 Å². The van der Waals surface area contributed by atoms with E-state index in [0.29, 0.717) is 74.2 Å². The number of hydrogen-bond donors (Lipinski definition) is 1. The van der Waals surface area contributed by atoms with Gasteiger partial charge in [0.2, 0.25) is 0 Å². The van der Waals surface area contributed by atoms with E-state index in [4.69, 9.17) is 14.2 Å². The van der Waals surface area contributed by atoms with E-state index in [2.05, 4.69) is 10.3 Å². The van der Waals surface area contributed by atoms with Crippen LogP contribution < -0.4 is 25.2 Å². The highest BCUT2D eigenvalue weighted by Crippen LogP contribution is 2.35. The van der Waals surface area contributed by atoms with Crippen molar-refractivity contribution in [2.24, 2.45) is 0 Å². The number of anilines is 1. The van der Waals surface area contributed by atoms with Crippen molar-refractivity contribution < 1.29 is 23.4 Å². The monoisotopic (exact) mass is 466 g/mol. The molecule has 3 aromatic rings. The molecule has 2 atom stereocenters. The third-order valence-corrected chi connectivity index (χ3v) is 6.55. The average molecular weight is 466 g/mol. The van der Waals surface area contributed by atoms with E-state index >= 15 is 0 Å². The maximum Gasteiger partial charge on any atom is 0.414 e. The summed E-state index contributed by atoms with van der Waals surface area (Å²) in [5.41, 5.74) is 1.76. The first-order chi connectivity index (χ1) is 16.6. The molecule has 5 heterocycles. The summed E-state index contributed by atoms with van der Waals surface area (Å²) in [6.45, 7) is 2.85. The molecule has 1 saturated heterocycles. The molecular formula is C24H23FN4O5. The van der Waals surface area contributed by atoms with Crippen molar-refractivity contribution in [3.8, 4) is 11.6 Å². The van der Waals surface area contributed by atoms with Gasteiger partial charge in [-0.2, -0.15) is 0 Å². The second-order valence-electron chi connectivity index (χ2n) is 8.68. The lowest BCUT2D eigenvalue weighted by Crippen LogP contribution is -2.29. The minimum atomic E-state index is -0.428. The molecule has 6 rings (SSSR count). The number of rotatable bonds is 6. The molecule has 34 heavy (non-hydrogen) atoms. The first-order valence-corrected chi connectivity index (χ1v) is 11.3. The lowest BCUT2D eigenvalue weighted by molar-refractivity contribution is 0.136. The smallest absolute Gasteiger partial charge is 0.414 e. The number of aromatic nitrogens is 2. The number of pyridine rings is 2. The molecule has 1 aromatic carbocycles. The second-order valence-corrected chi connectivity index (χ2v) is 8.68. The van der Waals surface area contributed by atoms with Crippen molar-refractivity contribution in [1.29, 1.82) is 0 Å². The molecule has 9 nitrogen and oxygen atoms in total. The highest BCUT2D eigenvalue weighted by molar-refractivity contribution is 5.90. The van der Waals surface area contributed by atoms with Gasteiger partial charge in [-0.25, -0.2) is 14.2 Å². The molecule has 0 bridgehead atoms. The molecule has 1 fully saturated rings. The minimum Gasteiger partial charge on any atom is -0.484 e. The molecule has 1 N–H and O–H groups in total. The lowest BCUT2D eigenvalue weighted by Gasteiger charge is -2.19. The van der Waals surface area contributed by atoms with Gasteiger partial charge in [-0.05, 0) is 36.6 Å². The summed E-state index contributed by atoms with van der Waals surface area (Å²) >= 11 is 0. The van der Waals surface area contributed by atoms with Gasteiger partial charge in [0, 0.05) is 36.7 Å². The standard InChI is InChI=1S/C24H23FN4O5/c25-18-3-1-14-2-4-20(30)29-12-15(21(18)22(14)29)10-26-6-5-17-13-28(24(31)34-17)16-9-19-23(27-11-16)33-8-7-32-19/h1-4,9,11,15,17,26H,5-8,10,12-13H2. The zero-order valence-electron chi connectivity index (χ0n) is 18.3. The Labute approximate surface area is 194 Å². The normalized spacial score (nSPS) is 20.7. The molecule has 176 valence electrons. The van der Waals surface area contributed by atoms with Crippen molar-refractivity contribution in [1.82, 2.24) is 14.9 Å². The second kappa shape index (κ2) is 8.28. The van der Waals surface area contributed by atoms with Crippen LogP contribution in [0.2, 0.25) is 0 Å². The van der Waals surface area contributed by atoms with E-state index in [1.807, 2.05) is 0 Å². The van der Waals surface area contributed by atoms with Crippen molar-refractivity contribution in [2.75, 3.05) is 37.7 Å². The minimum absolute atomic E-state index is 0.117. The van der Waals surface area contributed by atoms with Gasteiger partial charge in [0.05, 0.1) is 23.9 Å². The fourth-order valence-electron chi connectivity index (χ4n) is 4.94. The van der Waals surface area contributed by atoms with Crippen molar-refractivity contribution in [3.05, 3.63) is 58.3 Å². The maximum atomic E-state index is 14.6. The van der Waals surface area contributed by atoms with Crippen LogP contribution in [0.5, 0.6) is 11.6 Å². The Morgan fingerprint density at radius 3 is 2.88 bits per heavy atom. The molecule has 0 aliphatic carbocycles. The van der Waals surface area contributed by atoms with Crippen LogP contribution in [0.1, 0.15) is 17.9 Å². The maximum absolute atomic E-state index is 14.6.